The van der Waals surface area contributed by atoms with Crippen molar-refractivity contribution >= 4 is 17.9 Å². The number of rotatable bonds is 8. The van der Waals surface area contributed by atoms with Gasteiger partial charge in [-0.05, 0) is 35.9 Å². The first-order valence-corrected chi connectivity index (χ1v) is 9.12. The zero-order valence-corrected chi connectivity index (χ0v) is 18.1. The van der Waals surface area contributed by atoms with Crippen LogP contribution >= 0.6 is 0 Å². The maximum Gasteiger partial charge on any atom is 0.363 e. The van der Waals surface area contributed by atoms with E-state index in [-0.39, 0.29) is 11.6 Å². The van der Waals surface area contributed by atoms with Gasteiger partial charge in [0.05, 0.1) is 42.7 Å². The van der Waals surface area contributed by atoms with Crippen LogP contribution in [0.2, 0.25) is 0 Å². The topological polar surface area (TPSA) is 94.0 Å². The van der Waals surface area contributed by atoms with Gasteiger partial charge in [-0.15, -0.1) is 0 Å². The summed E-state index contributed by atoms with van der Waals surface area (Å²) in [7, 11) is 9.04. The fraction of sp³-hybridized carbons (Fsp3) is 0.273. The molecule has 0 bridgehead atoms. The van der Waals surface area contributed by atoms with E-state index in [1.54, 1.807) is 30.3 Å². The van der Waals surface area contributed by atoms with Gasteiger partial charge in [0.25, 0.3) is 0 Å². The molecular weight excluding hydrogens is 406 g/mol. The SMILES string of the molecule is COc1cc(/C=C2\N=C(c3cc(OC)c(OC)c(OC)c3)OC2=O)cc(OC)c1OC. The van der Waals surface area contributed by atoms with Gasteiger partial charge < -0.3 is 33.2 Å². The predicted octanol–water partition coefficient (Wildman–Crippen LogP) is 3.08. The molecule has 0 aromatic heterocycles. The van der Waals surface area contributed by atoms with Gasteiger partial charge >= 0.3 is 5.97 Å². The number of esters is 1. The maximum atomic E-state index is 12.4. The second-order valence-electron chi connectivity index (χ2n) is 6.21. The van der Waals surface area contributed by atoms with Crippen LogP contribution in [0.1, 0.15) is 11.1 Å². The number of aliphatic imine (C=N–C) groups is 1. The highest BCUT2D eigenvalue weighted by Gasteiger charge is 2.27. The molecule has 0 N–H and O–H groups in total. The molecule has 0 atom stereocenters. The van der Waals surface area contributed by atoms with Gasteiger partial charge in [-0.3, -0.25) is 0 Å². The lowest BCUT2D eigenvalue weighted by Gasteiger charge is -2.13. The average molecular weight is 429 g/mol. The van der Waals surface area contributed by atoms with E-state index in [2.05, 4.69) is 4.99 Å². The number of benzene rings is 2. The van der Waals surface area contributed by atoms with Gasteiger partial charge in [0.1, 0.15) is 0 Å². The summed E-state index contributed by atoms with van der Waals surface area (Å²) in [6.07, 6.45) is 1.57. The first-order valence-electron chi connectivity index (χ1n) is 9.12. The van der Waals surface area contributed by atoms with E-state index in [1.165, 1.54) is 42.7 Å². The molecule has 0 fully saturated rings. The van der Waals surface area contributed by atoms with Gasteiger partial charge in [-0.2, -0.15) is 0 Å². The first-order chi connectivity index (χ1) is 15.0. The number of ether oxygens (including phenoxy) is 7. The zero-order valence-electron chi connectivity index (χ0n) is 18.1. The quantitative estimate of drug-likeness (QED) is 0.467. The lowest BCUT2D eigenvalue weighted by atomic mass is 10.1. The summed E-state index contributed by atoms with van der Waals surface area (Å²) in [6, 6.07) is 6.70. The predicted molar refractivity (Wildman–Crippen MR) is 113 cm³/mol. The number of carbonyl (C=O) groups excluding carboxylic acids is 1. The standard InChI is InChI=1S/C22H23NO8/c1-25-15-8-12(9-16(26-2)19(15)29-5)7-14-22(24)31-21(23-14)13-10-17(27-3)20(30-6)18(11-13)28-4/h7-11H,1-6H3/b14-7-. The van der Waals surface area contributed by atoms with Gasteiger partial charge in [-0.25, -0.2) is 9.79 Å². The van der Waals surface area contributed by atoms with E-state index in [0.29, 0.717) is 45.6 Å². The molecule has 0 saturated heterocycles. The first kappa shape index (κ1) is 21.8. The Balaban J connectivity index is 2.04. The molecule has 0 spiro atoms. The third-order valence-corrected chi connectivity index (χ3v) is 4.52. The number of cyclic esters (lactones) is 1. The molecule has 1 aliphatic rings. The van der Waals surface area contributed by atoms with Crippen molar-refractivity contribution < 1.29 is 38.0 Å². The van der Waals surface area contributed by atoms with Crippen LogP contribution < -0.4 is 28.4 Å². The lowest BCUT2D eigenvalue weighted by Crippen LogP contribution is -2.07. The van der Waals surface area contributed by atoms with Crippen LogP contribution in [0.3, 0.4) is 0 Å². The second-order valence-corrected chi connectivity index (χ2v) is 6.21. The molecule has 31 heavy (non-hydrogen) atoms. The smallest absolute Gasteiger partial charge is 0.363 e. The van der Waals surface area contributed by atoms with Crippen molar-refractivity contribution in [3.8, 4) is 34.5 Å². The Morgan fingerprint density at radius 1 is 0.710 bits per heavy atom. The molecule has 0 radical (unpaired) electrons. The van der Waals surface area contributed by atoms with Crippen LogP contribution in [0.25, 0.3) is 6.08 Å². The Morgan fingerprint density at radius 3 is 1.58 bits per heavy atom. The van der Waals surface area contributed by atoms with Crippen molar-refractivity contribution in [2.24, 2.45) is 4.99 Å². The Bertz CT molecular complexity index is 1010. The molecule has 2 aromatic rings. The molecule has 164 valence electrons. The summed E-state index contributed by atoms with van der Waals surface area (Å²) in [5.41, 5.74) is 1.23. The molecule has 9 heteroatoms. The maximum absolute atomic E-state index is 12.4. The highest BCUT2D eigenvalue weighted by Crippen LogP contribution is 2.40. The summed E-state index contributed by atoms with van der Waals surface area (Å²) in [5, 5.41) is 0. The van der Waals surface area contributed by atoms with Crippen LogP contribution in [-0.2, 0) is 9.53 Å². The Morgan fingerprint density at radius 2 is 1.16 bits per heavy atom. The molecule has 1 aliphatic heterocycles. The van der Waals surface area contributed by atoms with Crippen molar-refractivity contribution in [1.29, 1.82) is 0 Å². The number of nitrogens with zero attached hydrogens (tertiary/aromatic N) is 1. The summed E-state index contributed by atoms with van der Waals surface area (Å²) < 4.78 is 37.4. The summed E-state index contributed by atoms with van der Waals surface area (Å²) in [6.45, 7) is 0. The zero-order chi connectivity index (χ0) is 22.5. The molecule has 0 aliphatic carbocycles. The van der Waals surface area contributed by atoms with E-state index >= 15 is 0 Å². The molecule has 9 nitrogen and oxygen atoms in total. The van der Waals surface area contributed by atoms with Gasteiger partial charge in [-0.1, -0.05) is 0 Å². The third-order valence-electron chi connectivity index (χ3n) is 4.52. The van der Waals surface area contributed by atoms with Crippen LogP contribution in [-0.4, -0.2) is 54.5 Å². The van der Waals surface area contributed by atoms with E-state index in [1.807, 2.05) is 0 Å². The summed E-state index contributed by atoms with van der Waals surface area (Å²) >= 11 is 0. The lowest BCUT2D eigenvalue weighted by molar-refractivity contribution is -0.129. The van der Waals surface area contributed by atoms with Crippen molar-refractivity contribution in [2.75, 3.05) is 42.7 Å². The molecule has 0 saturated carbocycles. The molecular formula is C22H23NO8. The van der Waals surface area contributed by atoms with Crippen molar-refractivity contribution in [3.05, 3.63) is 41.1 Å². The van der Waals surface area contributed by atoms with Gasteiger partial charge in [0.15, 0.2) is 28.7 Å². The molecule has 0 amide bonds. The highest BCUT2D eigenvalue weighted by atomic mass is 16.6. The van der Waals surface area contributed by atoms with Crippen LogP contribution in [0.4, 0.5) is 0 Å². The van der Waals surface area contributed by atoms with E-state index < -0.39 is 5.97 Å². The third kappa shape index (κ3) is 4.20. The van der Waals surface area contributed by atoms with E-state index in [4.69, 9.17) is 33.2 Å². The summed E-state index contributed by atoms with van der Waals surface area (Å²) in [5.74, 6) is 2.12. The minimum Gasteiger partial charge on any atom is -0.493 e. The van der Waals surface area contributed by atoms with Crippen molar-refractivity contribution in [3.63, 3.8) is 0 Å². The second kappa shape index (κ2) is 9.29. The number of hydrogen-bond donors (Lipinski definition) is 0. The monoisotopic (exact) mass is 429 g/mol. The average Bonchev–Trinajstić information content (AvgIpc) is 3.17. The Kier molecular flexibility index (Phi) is 6.54. The normalized spacial score (nSPS) is 14.1. The Labute approximate surface area is 179 Å². The van der Waals surface area contributed by atoms with E-state index in [0.717, 1.165) is 0 Å². The minimum atomic E-state index is -0.600. The number of carbonyl (C=O) groups is 1. The fourth-order valence-electron chi connectivity index (χ4n) is 3.08. The van der Waals surface area contributed by atoms with Crippen LogP contribution in [0.15, 0.2) is 35.0 Å². The van der Waals surface area contributed by atoms with Crippen LogP contribution in [0, 0.1) is 0 Å². The van der Waals surface area contributed by atoms with Crippen molar-refractivity contribution in [1.82, 2.24) is 0 Å². The number of hydrogen-bond acceptors (Lipinski definition) is 9. The van der Waals surface area contributed by atoms with Crippen LogP contribution in [0.5, 0.6) is 34.5 Å². The van der Waals surface area contributed by atoms with Crippen molar-refractivity contribution in [2.45, 2.75) is 0 Å². The minimum absolute atomic E-state index is 0.109. The molecule has 0 unspecified atom stereocenters. The largest absolute Gasteiger partial charge is 0.493 e. The molecule has 2 aromatic carbocycles. The highest BCUT2D eigenvalue weighted by molar-refractivity contribution is 6.13. The van der Waals surface area contributed by atoms with E-state index in [9.17, 15) is 4.79 Å². The Hall–Kier alpha value is -3.88. The van der Waals surface area contributed by atoms with Gasteiger partial charge in [0, 0.05) is 5.56 Å². The van der Waals surface area contributed by atoms with Gasteiger partial charge in [0.2, 0.25) is 17.4 Å². The molecule has 3 rings (SSSR count). The fourth-order valence-corrected chi connectivity index (χ4v) is 3.08. The number of methoxy groups -OCH3 is 6. The summed E-state index contributed by atoms with van der Waals surface area (Å²) in [4.78, 5) is 16.8. The molecule has 1 heterocycles.